The molecule has 0 bridgehead atoms. The van der Waals surface area contributed by atoms with Gasteiger partial charge in [-0.2, -0.15) is 5.10 Å². The van der Waals surface area contributed by atoms with Crippen molar-refractivity contribution in [1.29, 1.82) is 0 Å². The fourth-order valence-electron chi connectivity index (χ4n) is 2.59. The smallest absolute Gasteiger partial charge is 0.244 e. The van der Waals surface area contributed by atoms with Crippen molar-refractivity contribution in [3.05, 3.63) is 89.2 Å². The number of carbonyl (C=O) groups is 2. The van der Waals surface area contributed by atoms with Crippen molar-refractivity contribution in [2.45, 2.75) is 19.5 Å². The first kappa shape index (κ1) is 20.4. The van der Waals surface area contributed by atoms with Crippen LogP contribution in [0.15, 0.2) is 73.1 Å². The molecule has 1 aromatic heterocycles. The lowest BCUT2D eigenvalue weighted by Crippen LogP contribution is -2.44. The van der Waals surface area contributed by atoms with E-state index in [-0.39, 0.29) is 11.8 Å². The highest BCUT2D eigenvalue weighted by molar-refractivity contribution is 6.30. The summed E-state index contributed by atoms with van der Waals surface area (Å²) in [5, 5.41) is 10.4. The highest BCUT2D eigenvalue weighted by atomic mass is 35.5. The van der Waals surface area contributed by atoms with E-state index in [4.69, 9.17) is 11.6 Å². The van der Waals surface area contributed by atoms with E-state index in [1.165, 1.54) is 6.08 Å². The average Bonchev–Trinajstić information content (AvgIpc) is 3.21. The van der Waals surface area contributed by atoms with Crippen LogP contribution in [0.4, 0.5) is 0 Å². The van der Waals surface area contributed by atoms with Crippen LogP contribution in [0, 0.1) is 0 Å². The zero-order valence-electron chi connectivity index (χ0n) is 15.9. The minimum Gasteiger partial charge on any atom is -0.350 e. The molecule has 148 valence electrons. The zero-order valence-corrected chi connectivity index (χ0v) is 16.6. The van der Waals surface area contributed by atoms with Gasteiger partial charge in [0.15, 0.2) is 0 Å². The molecule has 0 aliphatic carbocycles. The molecule has 0 spiro atoms. The molecule has 3 rings (SSSR count). The quantitative estimate of drug-likeness (QED) is 0.588. The van der Waals surface area contributed by atoms with Crippen molar-refractivity contribution in [1.82, 2.24) is 20.4 Å². The number of hydrogen-bond donors (Lipinski definition) is 2. The zero-order chi connectivity index (χ0) is 20.6. The first-order chi connectivity index (χ1) is 14.0. The summed E-state index contributed by atoms with van der Waals surface area (Å²) in [6.07, 6.45) is 6.62. The highest BCUT2D eigenvalue weighted by Crippen LogP contribution is 2.13. The summed E-state index contributed by atoms with van der Waals surface area (Å²) in [7, 11) is 0. The van der Waals surface area contributed by atoms with Crippen molar-refractivity contribution in [2.24, 2.45) is 0 Å². The Hall–Kier alpha value is -3.38. The number of carbonyl (C=O) groups excluding carboxylic acids is 2. The number of nitrogens with one attached hydrogen (secondary N) is 2. The molecular weight excluding hydrogens is 388 g/mol. The van der Waals surface area contributed by atoms with Gasteiger partial charge in [0.1, 0.15) is 6.04 Å². The molecule has 0 aliphatic heterocycles. The van der Waals surface area contributed by atoms with Crippen LogP contribution in [0.25, 0.3) is 11.8 Å². The van der Waals surface area contributed by atoms with E-state index in [1.54, 1.807) is 36.0 Å². The Kier molecular flexibility index (Phi) is 6.81. The second-order valence-corrected chi connectivity index (χ2v) is 6.90. The molecule has 2 N–H and O–H groups in total. The molecule has 0 radical (unpaired) electrons. The van der Waals surface area contributed by atoms with E-state index in [2.05, 4.69) is 15.7 Å². The molecule has 7 heteroatoms. The van der Waals surface area contributed by atoms with Crippen LogP contribution in [-0.4, -0.2) is 27.6 Å². The number of nitrogens with zero attached hydrogens (tertiary/aromatic N) is 2. The topological polar surface area (TPSA) is 76.0 Å². The maximum atomic E-state index is 12.2. The van der Waals surface area contributed by atoms with Gasteiger partial charge in [-0.3, -0.25) is 9.59 Å². The second-order valence-electron chi connectivity index (χ2n) is 6.46. The van der Waals surface area contributed by atoms with Gasteiger partial charge in [-0.1, -0.05) is 41.9 Å². The first-order valence-corrected chi connectivity index (χ1v) is 9.50. The fraction of sp³-hybridized carbons (Fsp3) is 0.136. The van der Waals surface area contributed by atoms with E-state index >= 15 is 0 Å². The summed E-state index contributed by atoms with van der Waals surface area (Å²) >= 11 is 5.89. The van der Waals surface area contributed by atoms with Crippen LogP contribution in [0.5, 0.6) is 0 Å². The minimum absolute atomic E-state index is 0.272. The van der Waals surface area contributed by atoms with Crippen LogP contribution in [0.1, 0.15) is 18.1 Å². The van der Waals surface area contributed by atoms with Gasteiger partial charge < -0.3 is 10.6 Å². The van der Waals surface area contributed by atoms with E-state index < -0.39 is 6.04 Å². The summed E-state index contributed by atoms with van der Waals surface area (Å²) in [4.78, 5) is 24.2. The van der Waals surface area contributed by atoms with E-state index in [1.807, 2.05) is 48.7 Å². The van der Waals surface area contributed by atoms with Crippen molar-refractivity contribution in [2.75, 3.05) is 0 Å². The van der Waals surface area contributed by atoms with E-state index in [9.17, 15) is 9.59 Å². The maximum Gasteiger partial charge on any atom is 0.244 e. The van der Waals surface area contributed by atoms with E-state index in [0.29, 0.717) is 11.6 Å². The van der Waals surface area contributed by atoms with Crippen molar-refractivity contribution in [3.63, 3.8) is 0 Å². The SMILES string of the molecule is CC(NC(=O)/C=C/c1ccccc1)C(=O)NCc1cnn(-c2ccc(Cl)cc2)c1. The molecule has 1 atom stereocenters. The minimum atomic E-state index is -0.658. The summed E-state index contributed by atoms with van der Waals surface area (Å²) in [6.45, 7) is 1.95. The van der Waals surface area contributed by atoms with Gasteiger partial charge in [0.05, 0.1) is 11.9 Å². The van der Waals surface area contributed by atoms with Gasteiger partial charge in [0.25, 0.3) is 0 Å². The molecule has 1 unspecified atom stereocenters. The van der Waals surface area contributed by atoms with Crippen LogP contribution in [0.2, 0.25) is 5.02 Å². The van der Waals surface area contributed by atoms with Crippen LogP contribution in [0.3, 0.4) is 0 Å². The summed E-state index contributed by atoms with van der Waals surface area (Å²) < 4.78 is 1.71. The number of hydrogen-bond acceptors (Lipinski definition) is 3. The van der Waals surface area contributed by atoms with Gasteiger partial charge in [0.2, 0.25) is 11.8 Å². The fourth-order valence-corrected chi connectivity index (χ4v) is 2.72. The Balaban J connectivity index is 1.48. The Labute approximate surface area is 174 Å². The lowest BCUT2D eigenvalue weighted by molar-refractivity contribution is -0.126. The highest BCUT2D eigenvalue weighted by Gasteiger charge is 2.14. The number of halogens is 1. The van der Waals surface area contributed by atoms with Crippen molar-refractivity contribution in [3.8, 4) is 5.69 Å². The molecule has 29 heavy (non-hydrogen) atoms. The van der Waals surface area contributed by atoms with Crippen LogP contribution < -0.4 is 10.6 Å². The van der Waals surface area contributed by atoms with Crippen LogP contribution in [-0.2, 0) is 16.1 Å². The Morgan fingerprint density at radius 1 is 1.14 bits per heavy atom. The molecule has 0 saturated heterocycles. The molecule has 2 aromatic carbocycles. The Morgan fingerprint density at radius 2 is 1.86 bits per heavy atom. The molecule has 1 heterocycles. The average molecular weight is 409 g/mol. The maximum absolute atomic E-state index is 12.2. The third kappa shape index (κ3) is 6.05. The number of aromatic nitrogens is 2. The molecule has 0 saturated carbocycles. The monoisotopic (exact) mass is 408 g/mol. The van der Waals surface area contributed by atoms with Gasteiger partial charge in [0, 0.05) is 29.4 Å². The summed E-state index contributed by atoms with van der Waals surface area (Å²) in [5.41, 5.74) is 2.63. The van der Waals surface area contributed by atoms with Crippen molar-refractivity contribution >= 4 is 29.5 Å². The van der Waals surface area contributed by atoms with Gasteiger partial charge in [-0.05, 0) is 42.8 Å². The normalized spacial score (nSPS) is 11.9. The largest absolute Gasteiger partial charge is 0.350 e. The Morgan fingerprint density at radius 3 is 2.59 bits per heavy atom. The number of amides is 2. The molecule has 0 aliphatic rings. The van der Waals surface area contributed by atoms with Crippen LogP contribution >= 0.6 is 11.6 Å². The Bertz CT molecular complexity index is 997. The predicted octanol–water partition coefficient (Wildman–Crippen LogP) is 3.36. The third-order valence-electron chi connectivity index (χ3n) is 4.17. The van der Waals surface area contributed by atoms with E-state index in [0.717, 1.165) is 16.8 Å². The van der Waals surface area contributed by atoms with Crippen molar-refractivity contribution < 1.29 is 9.59 Å². The molecule has 0 fully saturated rings. The molecule has 3 aromatic rings. The summed E-state index contributed by atoms with van der Waals surface area (Å²) in [5.74, 6) is -0.599. The second kappa shape index (κ2) is 9.71. The lowest BCUT2D eigenvalue weighted by Gasteiger charge is -2.12. The standard InChI is InChI=1S/C22H21ClN4O2/c1-16(26-21(28)12-7-17-5-3-2-4-6-17)22(29)24-13-18-14-25-27(15-18)20-10-8-19(23)9-11-20/h2-12,14-16H,13H2,1H3,(H,24,29)(H,26,28)/b12-7+. The number of rotatable bonds is 7. The number of benzene rings is 2. The van der Waals surface area contributed by atoms with Gasteiger partial charge >= 0.3 is 0 Å². The molecular formula is C22H21ClN4O2. The molecule has 6 nitrogen and oxygen atoms in total. The van der Waals surface area contributed by atoms with Gasteiger partial charge in [-0.25, -0.2) is 4.68 Å². The third-order valence-corrected chi connectivity index (χ3v) is 4.42. The molecule has 2 amide bonds. The predicted molar refractivity (Wildman–Crippen MR) is 114 cm³/mol. The lowest BCUT2D eigenvalue weighted by atomic mass is 10.2. The first-order valence-electron chi connectivity index (χ1n) is 9.12. The van der Waals surface area contributed by atoms with Gasteiger partial charge in [-0.15, -0.1) is 0 Å². The summed E-state index contributed by atoms with van der Waals surface area (Å²) in [6, 6.07) is 16.1.